The highest BCUT2D eigenvalue weighted by Gasteiger charge is 2.18. The Kier molecular flexibility index (Phi) is 5.02. The van der Waals surface area contributed by atoms with Crippen molar-refractivity contribution in [2.24, 2.45) is 0 Å². The summed E-state index contributed by atoms with van der Waals surface area (Å²) in [5.74, 6) is 0.0201. The summed E-state index contributed by atoms with van der Waals surface area (Å²) in [5, 5.41) is 3.32. The molecule has 1 aliphatic heterocycles. The van der Waals surface area contributed by atoms with Crippen LogP contribution in [0, 0.1) is 5.82 Å². The first-order chi connectivity index (χ1) is 9.20. The molecule has 1 fully saturated rings. The molecule has 0 saturated carbocycles. The summed E-state index contributed by atoms with van der Waals surface area (Å²) in [5.41, 5.74) is 0.819. The van der Waals surface area contributed by atoms with E-state index in [0.29, 0.717) is 18.4 Å². The van der Waals surface area contributed by atoms with E-state index >= 15 is 0 Å². The summed E-state index contributed by atoms with van der Waals surface area (Å²) in [6.07, 6.45) is 3.78. The van der Waals surface area contributed by atoms with Gasteiger partial charge in [-0.15, -0.1) is 0 Å². The Bertz CT molecular complexity index is 411. The molecule has 2 rings (SSSR count). The molecular weight excluding hydrogens is 243 g/mol. The number of halogens is 1. The third-order valence-corrected chi connectivity index (χ3v) is 3.70. The van der Waals surface area contributed by atoms with Crippen LogP contribution in [0.15, 0.2) is 18.2 Å². The van der Waals surface area contributed by atoms with E-state index in [1.807, 2.05) is 13.0 Å². The van der Waals surface area contributed by atoms with E-state index in [1.165, 1.54) is 25.3 Å². The zero-order valence-corrected chi connectivity index (χ0v) is 11.8. The molecule has 4 heteroatoms. The molecule has 19 heavy (non-hydrogen) atoms. The second-order valence-electron chi connectivity index (χ2n) is 5.09. The van der Waals surface area contributed by atoms with Crippen LogP contribution in [0.25, 0.3) is 0 Å². The summed E-state index contributed by atoms with van der Waals surface area (Å²) in [7, 11) is 2.16. The van der Waals surface area contributed by atoms with E-state index in [0.717, 1.165) is 18.8 Å². The van der Waals surface area contributed by atoms with Gasteiger partial charge in [-0.1, -0.05) is 6.42 Å². The third-order valence-electron chi connectivity index (χ3n) is 3.70. The standard InChI is InChI=1S/C15H23FN2O/c1-3-19-15-8-7-12(10-14(15)16)17-11-13-6-4-5-9-18(13)2/h7-8,10,13,17H,3-6,9,11H2,1-2H3. The van der Waals surface area contributed by atoms with Crippen molar-refractivity contribution < 1.29 is 9.13 Å². The number of anilines is 1. The van der Waals surface area contributed by atoms with Crippen LogP contribution in [-0.4, -0.2) is 37.7 Å². The number of likely N-dealkylation sites (tertiary alicyclic amines) is 1. The molecule has 3 nitrogen and oxygen atoms in total. The first kappa shape index (κ1) is 14.1. The van der Waals surface area contributed by atoms with E-state index < -0.39 is 0 Å². The van der Waals surface area contributed by atoms with Crippen LogP contribution in [0.3, 0.4) is 0 Å². The van der Waals surface area contributed by atoms with Gasteiger partial charge in [0.2, 0.25) is 0 Å². The Labute approximate surface area is 114 Å². The lowest BCUT2D eigenvalue weighted by Crippen LogP contribution is -2.40. The normalized spacial score (nSPS) is 20.3. The molecule has 0 aliphatic carbocycles. The number of piperidine rings is 1. The maximum absolute atomic E-state index is 13.7. The number of likely N-dealkylation sites (N-methyl/N-ethyl adjacent to an activating group) is 1. The van der Waals surface area contributed by atoms with Crippen LogP contribution in [0.4, 0.5) is 10.1 Å². The van der Waals surface area contributed by atoms with Gasteiger partial charge in [0.25, 0.3) is 0 Å². The van der Waals surface area contributed by atoms with Crippen molar-refractivity contribution in [2.45, 2.75) is 32.2 Å². The number of nitrogens with one attached hydrogen (secondary N) is 1. The molecule has 0 radical (unpaired) electrons. The predicted molar refractivity (Wildman–Crippen MR) is 76.3 cm³/mol. The van der Waals surface area contributed by atoms with Crippen molar-refractivity contribution in [3.05, 3.63) is 24.0 Å². The second-order valence-corrected chi connectivity index (χ2v) is 5.09. The van der Waals surface area contributed by atoms with Gasteiger partial charge in [-0.05, 0) is 45.5 Å². The van der Waals surface area contributed by atoms with Crippen molar-refractivity contribution >= 4 is 5.69 Å². The fourth-order valence-electron chi connectivity index (χ4n) is 2.52. The van der Waals surface area contributed by atoms with Crippen molar-refractivity contribution in [1.29, 1.82) is 0 Å². The Hall–Kier alpha value is -1.29. The van der Waals surface area contributed by atoms with Crippen LogP contribution in [-0.2, 0) is 0 Å². The molecule has 0 spiro atoms. The van der Waals surface area contributed by atoms with Gasteiger partial charge >= 0.3 is 0 Å². The first-order valence-electron chi connectivity index (χ1n) is 7.07. The first-order valence-corrected chi connectivity index (χ1v) is 7.07. The number of nitrogens with zero attached hydrogens (tertiary/aromatic N) is 1. The topological polar surface area (TPSA) is 24.5 Å². The fourth-order valence-corrected chi connectivity index (χ4v) is 2.52. The summed E-state index contributed by atoms with van der Waals surface area (Å²) < 4.78 is 18.9. The largest absolute Gasteiger partial charge is 0.491 e. The molecule has 1 aromatic carbocycles. The predicted octanol–water partition coefficient (Wildman–Crippen LogP) is 3.12. The van der Waals surface area contributed by atoms with E-state index in [4.69, 9.17) is 4.74 Å². The van der Waals surface area contributed by atoms with Gasteiger partial charge in [-0.3, -0.25) is 0 Å². The summed E-state index contributed by atoms with van der Waals surface area (Å²) in [4.78, 5) is 2.38. The zero-order valence-electron chi connectivity index (χ0n) is 11.8. The van der Waals surface area contributed by atoms with E-state index in [2.05, 4.69) is 17.3 Å². The van der Waals surface area contributed by atoms with Gasteiger partial charge in [0.15, 0.2) is 11.6 Å². The molecule has 1 unspecified atom stereocenters. The van der Waals surface area contributed by atoms with Crippen molar-refractivity contribution in [3.63, 3.8) is 0 Å². The lowest BCUT2D eigenvalue weighted by molar-refractivity contribution is 0.194. The van der Waals surface area contributed by atoms with Crippen molar-refractivity contribution in [1.82, 2.24) is 4.90 Å². The van der Waals surface area contributed by atoms with Crippen molar-refractivity contribution in [2.75, 3.05) is 32.1 Å². The molecule has 1 saturated heterocycles. The molecule has 0 bridgehead atoms. The molecule has 1 heterocycles. The minimum Gasteiger partial charge on any atom is -0.491 e. The van der Waals surface area contributed by atoms with E-state index in [1.54, 1.807) is 6.07 Å². The maximum Gasteiger partial charge on any atom is 0.167 e. The Morgan fingerprint density at radius 3 is 2.95 bits per heavy atom. The Morgan fingerprint density at radius 2 is 2.26 bits per heavy atom. The number of rotatable bonds is 5. The average Bonchev–Trinajstić information content (AvgIpc) is 2.41. The lowest BCUT2D eigenvalue weighted by Gasteiger charge is -2.32. The van der Waals surface area contributed by atoms with Crippen LogP contribution in [0.1, 0.15) is 26.2 Å². The molecule has 1 atom stereocenters. The number of hydrogen-bond donors (Lipinski definition) is 1. The molecular formula is C15H23FN2O. The fraction of sp³-hybridized carbons (Fsp3) is 0.600. The maximum atomic E-state index is 13.7. The zero-order chi connectivity index (χ0) is 13.7. The van der Waals surface area contributed by atoms with Gasteiger partial charge in [0.1, 0.15) is 0 Å². The van der Waals surface area contributed by atoms with Gasteiger partial charge in [0, 0.05) is 24.3 Å². The van der Waals surface area contributed by atoms with Gasteiger partial charge in [0.05, 0.1) is 6.61 Å². The Balaban J connectivity index is 1.90. The highest BCUT2D eigenvalue weighted by Crippen LogP contribution is 2.22. The van der Waals surface area contributed by atoms with Crippen LogP contribution >= 0.6 is 0 Å². The summed E-state index contributed by atoms with van der Waals surface area (Å²) >= 11 is 0. The second kappa shape index (κ2) is 6.75. The molecule has 0 aromatic heterocycles. The van der Waals surface area contributed by atoms with Crippen LogP contribution < -0.4 is 10.1 Å². The monoisotopic (exact) mass is 266 g/mol. The quantitative estimate of drug-likeness (QED) is 0.886. The average molecular weight is 266 g/mol. The van der Waals surface area contributed by atoms with E-state index in [-0.39, 0.29) is 5.82 Å². The minimum absolute atomic E-state index is 0.302. The van der Waals surface area contributed by atoms with Crippen LogP contribution in [0.5, 0.6) is 5.75 Å². The number of benzene rings is 1. The highest BCUT2D eigenvalue weighted by atomic mass is 19.1. The minimum atomic E-state index is -0.302. The molecule has 1 aliphatic rings. The number of ether oxygens (including phenoxy) is 1. The van der Waals surface area contributed by atoms with Gasteiger partial charge in [-0.2, -0.15) is 0 Å². The third kappa shape index (κ3) is 3.83. The molecule has 1 N–H and O–H groups in total. The molecule has 1 aromatic rings. The lowest BCUT2D eigenvalue weighted by atomic mass is 10.0. The van der Waals surface area contributed by atoms with E-state index in [9.17, 15) is 4.39 Å². The highest BCUT2D eigenvalue weighted by molar-refractivity contribution is 5.47. The molecule has 0 amide bonds. The molecule has 106 valence electrons. The summed E-state index contributed by atoms with van der Waals surface area (Å²) in [6.45, 7) is 4.36. The SMILES string of the molecule is CCOc1ccc(NCC2CCCCN2C)cc1F. The Morgan fingerprint density at radius 1 is 1.42 bits per heavy atom. The smallest absolute Gasteiger partial charge is 0.167 e. The van der Waals surface area contributed by atoms with Gasteiger partial charge < -0.3 is 15.0 Å². The van der Waals surface area contributed by atoms with Gasteiger partial charge in [-0.25, -0.2) is 4.39 Å². The summed E-state index contributed by atoms with van der Waals surface area (Å²) in [6, 6.07) is 5.61. The van der Waals surface area contributed by atoms with Crippen molar-refractivity contribution in [3.8, 4) is 5.75 Å². The number of hydrogen-bond acceptors (Lipinski definition) is 3. The van der Waals surface area contributed by atoms with Crippen LogP contribution in [0.2, 0.25) is 0 Å².